The highest BCUT2D eigenvalue weighted by molar-refractivity contribution is 5.45. The maximum atomic E-state index is 13.7. The van der Waals surface area contributed by atoms with Crippen molar-refractivity contribution >= 4 is 0 Å². The molecule has 0 aliphatic rings. The number of benzene rings is 1. The fourth-order valence-corrected chi connectivity index (χ4v) is 1.83. The van der Waals surface area contributed by atoms with Crippen LogP contribution >= 0.6 is 0 Å². The van der Waals surface area contributed by atoms with Gasteiger partial charge in [-0.05, 0) is 38.4 Å². The number of rotatable bonds is 2. The molecule has 0 radical (unpaired) electrons. The van der Waals surface area contributed by atoms with Crippen molar-refractivity contribution in [2.75, 3.05) is 14.1 Å². The third-order valence-electron chi connectivity index (χ3n) is 2.75. The second kappa shape index (κ2) is 6.65. The minimum Gasteiger partial charge on any atom is -0.305 e. The maximum Gasteiger partial charge on any atom is 0.127 e. The van der Waals surface area contributed by atoms with Crippen LogP contribution in [0, 0.1) is 29.0 Å². The van der Waals surface area contributed by atoms with Gasteiger partial charge in [0, 0.05) is 35.6 Å². The zero-order valence-electron chi connectivity index (χ0n) is 11.9. The van der Waals surface area contributed by atoms with Crippen molar-refractivity contribution in [2.24, 2.45) is 0 Å². The molecule has 2 rings (SSSR count). The third-order valence-corrected chi connectivity index (χ3v) is 2.75. The molecule has 0 bridgehead atoms. The zero-order valence-corrected chi connectivity index (χ0v) is 11.9. The van der Waals surface area contributed by atoms with Crippen LogP contribution in [0.4, 0.5) is 4.39 Å². The normalized spacial score (nSPS) is 9.86. The molecular weight excluding hydrogens is 265 g/mol. The molecule has 1 aromatic heterocycles. The summed E-state index contributed by atoms with van der Waals surface area (Å²) in [5.41, 5.74) is 2.47. The molecule has 21 heavy (non-hydrogen) atoms. The monoisotopic (exact) mass is 279 g/mol. The Morgan fingerprint density at radius 3 is 2.52 bits per heavy atom. The first-order valence-corrected chi connectivity index (χ1v) is 6.39. The van der Waals surface area contributed by atoms with Crippen molar-refractivity contribution in [3.63, 3.8) is 0 Å². The van der Waals surface area contributed by atoms with Crippen LogP contribution in [0.2, 0.25) is 0 Å². The summed E-state index contributed by atoms with van der Waals surface area (Å²) in [6, 6.07) is 8.49. The fourth-order valence-electron chi connectivity index (χ4n) is 1.83. The van der Waals surface area contributed by atoms with Crippen molar-refractivity contribution in [1.29, 1.82) is 5.26 Å². The van der Waals surface area contributed by atoms with E-state index in [9.17, 15) is 4.39 Å². The molecule has 0 atom stereocenters. The second-order valence-electron chi connectivity index (χ2n) is 4.87. The van der Waals surface area contributed by atoms with Crippen LogP contribution in [0.25, 0.3) is 0 Å². The minimum absolute atomic E-state index is 0.234. The van der Waals surface area contributed by atoms with Crippen LogP contribution in [0.3, 0.4) is 0 Å². The number of halogens is 1. The average molecular weight is 279 g/mol. The highest BCUT2D eigenvalue weighted by Crippen LogP contribution is 2.12. The smallest absolute Gasteiger partial charge is 0.127 e. The lowest BCUT2D eigenvalue weighted by Gasteiger charge is -2.10. The van der Waals surface area contributed by atoms with Crippen molar-refractivity contribution in [1.82, 2.24) is 9.88 Å². The predicted octanol–water partition coefficient (Wildman–Crippen LogP) is 2.55. The molecule has 0 spiro atoms. The van der Waals surface area contributed by atoms with Crippen LogP contribution in [-0.2, 0) is 6.54 Å². The lowest BCUT2D eigenvalue weighted by molar-refractivity contribution is 0.392. The molecule has 0 saturated carbocycles. The first-order valence-electron chi connectivity index (χ1n) is 6.39. The Kier molecular flexibility index (Phi) is 4.66. The minimum atomic E-state index is -0.234. The van der Waals surface area contributed by atoms with E-state index in [0.717, 1.165) is 5.56 Å². The Morgan fingerprint density at radius 1 is 1.10 bits per heavy atom. The summed E-state index contributed by atoms with van der Waals surface area (Å²) >= 11 is 0. The molecular formula is C17H14FN3. The molecule has 3 nitrogen and oxygen atoms in total. The van der Waals surface area contributed by atoms with Gasteiger partial charge in [0.1, 0.15) is 11.9 Å². The Hall–Kier alpha value is -2.69. The second-order valence-corrected chi connectivity index (χ2v) is 4.87. The number of hydrogen-bond donors (Lipinski definition) is 0. The number of aromatic nitrogens is 1. The highest BCUT2D eigenvalue weighted by atomic mass is 19.1. The molecule has 2 aromatic rings. The first-order chi connectivity index (χ1) is 10.1. The summed E-state index contributed by atoms with van der Waals surface area (Å²) in [7, 11) is 3.77. The van der Waals surface area contributed by atoms with Gasteiger partial charge >= 0.3 is 0 Å². The third kappa shape index (κ3) is 4.14. The van der Waals surface area contributed by atoms with Gasteiger partial charge in [-0.25, -0.2) is 4.39 Å². The fraction of sp³-hybridized carbons (Fsp3) is 0.176. The first kappa shape index (κ1) is 14.7. The van der Waals surface area contributed by atoms with E-state index in [1.807, 2.05) is 25.1 Å². The van der Waals surface area contributed by atoms with Gasteiger partial charge in [-0.15, -0.1) is 0 Å². The van der Waals surface area contributed by atoms with Gasteiger partial charge in [-0.3, -0.25) is 4.98 Å². The molecule has 0 saturated heterocycles. The van der Waals surface area contributed by atoms with Crippen molar-refractivity contribution in [3.8, 4) is 17.9 Å². The molecule has 0 fully saturated rings. The molecule has 0 aliphatic carbocycles. The van der Waals surface area contributed by atoms with Gasteiger partial charge in [0.05, 0.1) is 5.56 Å². The van der Waals surface area contributed by atoms with Crippen molar-refractivity contribution < 1.29 is 4.39 Å². The van der Waals surface area contributed by atoms with E-state index in [1.54, 1.807) is 24.4 Å². The van der Waals surface area contributed by atoms with Gasteiger partial charge in [-0.1, -0.05) is 11.8 Å². The topological polar surface area (TPSA) is 39.9 Å². The standard InChI is InChI=1S/C17H14FN3/c1-21(2)12-16-8-13(5-6-17(16)18)3-4-14-7-15(9-19)11-20-10-14/h5-8,10-11H,12H2,1-2H3. The predicted molar refractivity (Wildman–Crippen MR) is 78.7 cm³/mol. The molecule has 1 heterocycles. The van der Waals surface area contributed by atoms with Gasteiger partial charge < -0.3 is 4.90 Å². The summed E-state index contributed by atoms with van der Waals surface area (Å²) in [6.07, 6.45) is 3.08. The zero-order chi connectivity index (χ0) is 15.2. The molecule has 0 N–H and O–H groups in total. The summed E-state index contributed by atoms with van der Waals surface area (Å²) in [4.78, 5) is 5.85. The molecule has 1 aromatic carbocycles. The van der Waals surface area contributed by atoms with Gasteiger partial charge in [0.25, 0.3) is 0 Å². The Labute approximate surface area is 123 Å². The number of nitriles is 1. The van der Waals surface area contributed by atoms with E-state index >= 15 is 0 Å². The Bertz CT molecular complexity index is 749. The molecule has 0 unspecified atom stereocenters. The van der Waals surface area contributed by atoms with E-state index in [0.29, 0.717) is 23.2 Å². The highest BCUT2D eigenvalue weighted by Gasteiger charge is 2.03. The maximum absolute atomic E-state index is 13.7. The lowest BCUT2D eigenvalue weighted by atomic mass is 10.1. The van der Waals surface area contributed by atoms with Crippen LogP contribution in [-0.4, -0.2) is 24.0 Å². The molecule has 4 heteroatoms. The van der Waals surface area contributed by atoms with E-state index < -0.39 is 0 Å². The SMILES string of the molecule is CN(C)Cc1cc(C#Cc2cncc(C#N)c2)ccc1F. The Morgan fingerprint density at radius 2 is 1.81 bits per heavy atom. The van der Waals surface area contributed by atoms with Crippen LogP contribution in [0.5, 0.6) is 0 Å². The summed E-state index contributed by atoms with van der Waals surface area (Å²) < 4.78 is 13.7. The quantitative estimate of drug-likeness (QED) is 0.793. The van der Waals surface area contributed by atoms with Crippen LogP contribution < -0.4 is 0 Å². The van der Waals surface area contributed by atoms with Crippen molar-refractivity contribution in [2.45, 2.75) is 6.54 Å². The average Bonchev–Trinajstić information content (AvgIpc) is 2.48. The number of nitrogens with zero attached hydrogens (tertiary/aromatic N) is 3. The molecule has 0 amide bonds. The van der Waals surface area contributed by atoms with Gasteiger partial charge in [0.15, 0.2) is 0 Å². The van der Waals surface area contributed by atoms with E-state index in [2.05, 4.69) is 16.8 Å². The van der Waals surface area contributed by atoms with Crippen LogP contribution in [0.15, 0.2) is 36.7 Å². The Balaban J connectivity index is 2.28. The van der Waals surface area contributed by atoms with Gasteiger partial charge in [0.2, 0.25) is 0 Å². The van der Waals surface area contributed by atoms with Crippen molar-refractivity contribution in [3.05, 3.63) is 64.7 Å². The summed E-state index contributed by atoms with van der Waals surface area (Å²) in [5.74, 6) is 5.67. The number of hydrogen-bond acceptors (Lipinski definition) is 3. The van der Waals surface area contributed by atoms with E-state index in [4.69, 9.17) is 5.26 Å². The van der Waals surface area contributed by atoms with E-state index in [-0.39, 0.29) is 5.82 Å². The summed E-state index contributed by atoms with van der Waals surface area (Å²) in [6.45, 7) is 0.521. The van der Waals surface area contributed by atoms with Gasteiger partial charge in [-0.2, -0.15) is 5.26 Å². The summed E-state index contributed by atoms with van der Waals surface area (Å²) in [5, 5.41) is 8.81. The number of pyridine rings is 1. The lowest BCUT2D eigenvalue weighted by Crippen LogP contribution is -2.12. The van der Waals surface area contributed by atoms with Crippen LogP contribution in [0.1, 0.15) is 22.3 Å². The van der Waals surface area contributed by atoms with E-state index in [1.165, 1.54) is 12.3 Å². The molecule has 104 valence electrons. The largest absolute Gasteiger partial charge is 0.305 e. The molecule has 0 aliphatic heterocycles.